The molecule has 0 radical (unpaired) electrons. The Labute approximate surface area is 182 Å². The molecule has 1 atom stereocenters. The van der Waals surface area contributed by atoms with Crippen molar-refractivity contribution in [3.8, 4) is 0 Å². The number of likely N-dealkylation sites (tertiary alicyclic amines) is 1. The normalized spacial score (nSPS) is 19.3. The van der Waals surface area contributed by atoms with E-state index in [1.165, 1.54) is 0 Å². The average Bonchev–Trinajstić information content (AvgIpc) is 3.15. The molecule has 4 rings (SSSR count). The predicted octanol–water partition coefficient (Wildman–Crippen LogP) is 4.64. The van der Waals surface area contributed by atoms with Crippen LogP contribution in [0.25, 0.3) is 10.9 Å². The fourth-order valence-electron chi connectivity index (χ4n) is 4.72. The number of aromatic nitrogens is 2. The van der Waals surface area contributed by atoms with Crippen LogP contribution in [-0.2, 0) is 17.6 Å². The van der Waals surface area contributed by atoms with Crippen molar-refractivity contribution in [1.29, 1.82) is 0 Å². The molecule has 1 amide bonds. The van der Waals surface area contributed by atoms with Crippen molar-refractivity contribution >= 4 is 16.8 Å². The molecule has 1 aliphatic carbocycles. The number of nitrogens with one attached hydrogen (secondary N) is 1. The Hall–Kier alpha value is -2.02. The zero-order valence-electron chi connectivity index (χ0n) is 19.1. The molecule has 31 heavy (non-hydrogen) atoms. The highest BCUT2D eigenvalue weighted by molar-refractivity contribution is 5.85. The lowest BCUT2D eigenvalue weighted by Gasteiger charge is -2.44. The Kier molecular flexibility index (Phi) is 5.19. The van der Waals surface area contributed by atoms with Crippen LogP contribution in [0.4, 0.5) is 8.78 Å². The SMILES string of the molecule is CC(C)(C)C(C)(C)C(=O)N1CCC(C(F)(F)[C@H](O)c2c3c(cc4cn[nH]c24)CC3)CC1. The number of carbonyl (C=O) groups excluding carboxylic acids is 1. The van der Waals surface area contributed by atoms with E-state index in [1.807, 2.05) is 40.7 Å². The first-order chi connectivity index (χ1) is 14.4. The minimum atomic E-state index is -3.28. The maximum atomic E-state index is 15.5. The van der Waals surface area contributed by atoms with E-state index < -0.39 is 23.4 Å². The van der Waals surface area contributed by atoms with Crippen LogP contribution in [0.1, 0.15) is 70.3 Å². The molecule has 2 N–H and O–H groups in total. The van der Waals surface area contributed by atoms with Crippen molar-refractivity contribution in [2.45, 2.75) is 72.3 Å². The number of H-pyrrole nitrogens is 1. The molecule has 0 unspecified atom stereocenters. The molecule has 0 saturated carbocycles. The first-order valence-electron chi connectivity index (χ1n) is 11.2. The van der Waals surface area contributed by atoms with Gasteiger partial charge in [0.25, 0.3) is 5.92 Å². The number of fused-ring (bicyclic) bond motifs is 2. The van der Waals surface area contributed by atoms with Gasteiger partial charge in [-0.3, -0.25) is 9.89 Å². The maximum Gasteiger partial charge on any atom is 0.280 e. The van der Waals surface area contributed by atoms with Crippen LogP contribution in [0.3, 0.4) is 0 Å². The summed E-state index contributed by atoms with van der Waals surface area (Å²) in [5.74, 6) is -4.25. The fraction of sp³-hybridized carbons (Fsp3) is 0.667. The Morgan fingerprint density at radius 1 is 1.19 bits per heavy atom. The summed E-state index contributed by atoms with van der Waals surface area (Å²) in [6.45, 7) is 10.5. The Morgan fingerprint density at radius 3 is 2.39 bits per heavy atom. The van der Waals surface area contributed by atoms with Gasteiger partial charge in [-0.25, -0.2) is 8.78 Å². The van der Waals surface area contributed by atoms with Gasteiger partial charge >= 0.3 is 0 Å². The number of aliphatic hydroxyl groups excluding tert-OH is 1. The zero-order chi connectivity index (χ0) is 22.8. The van der Waals surface area contributed by atoms with Crippen LogP contribution < -0.4 is 0 Å². The van der Waals surface area contributed by atoms with E-state index >= 15 is 8.78 Å². The zero-order valence-corrected chi connectivity index (χ0v) is 19.1. The summed E-state index contributed by atoms with van der Waals surface area (Å²) in [5.41, 5.74) is 1.83. The molecule has 2 aromatic rings. The van der Waals surface area contributed by atoms with Crippen LogP contribution in [0, 0.1) is 16.7 Å². The van der Waals surface area contributed by atoms with Crippen LogP contribution in [0.5, 0.6) is 0 Å². The lowest BCUT2D eigenvalue weighted by Crippen LogP contribution is -2.52. The number of benzene rings is 1. The molecule has 5 nitrogen and oxygen atoms in total. The van der Waals surface area contributed by atoms with E-state index in [2.05, 4.69) is 10.2 Å². The second kappa shape index (κ2) is 7.26. The number of halogens is 2. The molecular formula is C24H33F2N3O2. The molecule has 1 saturated heterocycles. The predicted molar refractivity (Wildman–Crippen MR) is 116 cm³/mol. The van der Waals surface area contributed by atoms with Crippen LogP contribution in [0.15, 0.2) is 12.3 Å². The van der Waals surface area contributed by atoms with E-state index in [9.17, 15) is 9.90 Å². The summed E-state index contributed by atoms with van der Waals surface area (Å²) in [6, 6.07) is 1.97. The molecule has 170 valence electrons. The van der Waals surface area contributed by atoms with E-state index in [1.54, 1.807) is 11.1 Å². The Bertz CT molecular complexity index is 998. The third kappa shape index (κ3) is 3.45. The average molecular weight is 434 g/mol. The topological polar surface area (TPSA) is 69.2 Å². The van der Waals surface area contributed by atoms with Crippen molar-refractivity contribution in [2.75, 3.05) is 13.1 Å². The summed E-state index contributed by atoms with van der Waals surface area (Å²) in [6.07, 6.45) is 1.62. The molecule has 2 aliphatic rings. The number of carbonyl (C=O) groups is 1. The number of hydrogen-bond donors (Lipinski definition) is 2. The summed E-state index contributed by atoms with van der Waals surface area (Å²) >= 11 is 0. The number of amides is 1. The van der Waals surface area contributed by atoms with Crippen molar-refractivity contribution in [3.05, 3.63) is 29.0 Å². The second-order valence-electron chi connectivity index (χ2n) is 10.8. The molecule has 2 heterocycles. The van der Waals surface area contributed by atoms with Gasteiger partial charge in [-0.1, -0.05) is 34.6 Å². The number of rotatable bonds is 4. The van der Waals surface area contributed by atoms with Gasteiger partial charge in [-0.05, 0) is 48.3 Å². The van der Waals surface area contributed by atoms with Gasteiger partial charge in [-0.2, -0.15) is 5.10 Å². The van der Waals surface area contributed by atoms with Gasteiger partial charge in [-0.15, -0.1) is 0 Å². The number of alkyl halides is 2. The van der Waals surface area contributed by atoms with Crippen LogP contribution in [0.2, 0.25) is 0 Å². The smallest absolute Gasteiger partial charge is 0.280 e. The van der Waals surface area contributed by atoms with Crippen molar-refractivity contribution in [3.63, 3.8) is 0 Å². The minimum Gasteiger partial charge on any atom is -0.382 e. The summed E-state index contributed by atoms with van der Waals surface area (Å²) in [7, 11) is 0. The first-order valence-corrected chi connectivity index (χ1v) is 11.2. The molecule has 1 aliphatic heterocycles. The molecule has 1 aromatic heterocycles. The van der Waals surface area contributed by atoms with E-state index in [4.69, 9.17) is 0 Å². The second-order valence-corrected chi connectivity index (χ2v) is 10.8. The van der Waals surface area contributed by atoms with Gasteiger partial charge in [0.15, 0.2) is 0 Å². The highest BCUT2D eigenvalue weighted by Crippen LogP contribution is 2.47. The molecule has 1 fully saturated rings. The van der Waals surface area contributed by atoms with Crippen molar-refractivity contribution in [1.82, 2.24) is 15.1 Å². The fourth-order valence-corrected chi connectivity index (χ4v) is 4.72. The molecule has 0 bridgehead atoms. The summed E-state index contributed by atoms with van der Waals surface area (Å²) in [4.78, 5) is 14.8. The summed E-state index contributed by atoms with van der Waals surface area (Å²) in [5, 5.41) is 18.4. The quantitative estimate of drug-likeness (QED) is 0.738. The standard InChI is InChI=1S/C24H33F2N3O2/c1-22(2,3)23(4,5)21(31)29-10-8-16(9-11-29)24(25,26)20(30)18-17-7-6-14(17)12-15-13-27-28-19(15)18/h12-13,16,20,30H,6-11H2,1-5H3,(H,27,28)/t20-/m1/s1. The van der Waals surface area contributed by atoms with Gasteiger partial charge in [0.05, 0.1) is 11.7 Å². The number of aryl methyl sites for hydroxylation is 1. The molecule has 1 aromatic carbocycles. The highest BCUT2D eigenvalue weighted by Gasteiger charge is 2.51. The minimum absolute atomic E-state index is 0.00544. The molecule has 0 spiro atoms. The lowest BCUT2D eigenvalue weighted by atomic mass is 9.68. The monoisotopic (exact) mass is 433 g/mol. The highest BCUT2D eigenvalue weighted by atomic mass is 19.3. The Balaban J connectivity index is 1.52. The number of aromatic amines is 1. The number of nitrogens with zero attached hydrogens (tertiary/aromatic N) is 2. The van der Waals surface area contributed by atoms with Crippen LogP contribution >= 0.6 is 0 Å². The largest absolute Gasteiger partial charge is 0.382 e. The third-order valence-corrected chi connectivity index (χ3v) is 8.00. The van der Waals surface area contributed by atoms with Crippen molar-refractivity contribution < 1.29 is 18.7 Å². The third-order valence-electron chi connectivity index (χ3n) is 8.00. The lowest BCUT2D eigenvalue weighted by molar-refractivity contribution is -0.168. The van der Waals surface area contributed by atoms with Gasteiger partial charge in [0.2, 0.25) is 5.91 Å². The van der Waals surface area contributed by atoms with Gasteiger partial charge in [0.1, 0.15) is 6.10 Å². The number of hydrogen-bond acceptors (Lipinski definition) is 3. The number of aliphatic hydroxyl groups is 1. The summed E-state index contributed by atoms with van der Waals surface area (Å²) < 4.78 is 31.0. The van der Waals surface area contributed by atoms with E-state index in [0.29, 0.717) is 17.5 Å². The molecule has 7 heteroatoms. The van der Waals surface area contributed by atoms with Gasteiger partial charge in [0, 0.05) is 35.4 Å². The van der Waals surface area contributed by atoms with Crippen molar-refractivity contribution in [2.24, 2.45) is 16.7 Å². The van der Waals surface area contributed by atoms with Gasteiger partial charge < -0.3 is 10.0 Å². The first kappa shape index (κ1) is 22.2. The molecular weight excluding hydrogens is 400 g/mol. The number of piperidine rings is 1. The maximum absolute atomic E-state index is 15.5. The van der Waals surface area contributed by atoms with E-state index in [0.717, 1.165) is 22.9 Å². The Morgan fingerprint density at radius 2 is 1.84 bits per heavy atom. The van der Waals surface area contributed by atoms with Crippen LogP contribution in [-0.4, -0.2) is 45.1 Å². The van der Waals surface area contributed by atoms with E-state index in [-0.39, 0.29) is 37.3 Å².